The van der Waals surface area contributed by atoms with Crippen LogP contribution in [-0.2, 0) is 9.53 Å². The Balaban J connectivity index is 1.85. The highest BCUT2D eigenvalue weighted by molar-refractivity contribution is 5.79. The van der Waals surface area contributed by atoms with E-state index in [1.807, 2.05) is 25.2 Å². The maximum Gasteiger partial charge on any atom is 0.223 e. The van der Waals surface area contributed by atoms with E-state index in [2.05, 4.69) is 20.2 Å². The van der Waals surface area contributed by atoms with Gasteiger partial charge < -0.3 is 19.9 Å². The van der Waals surface area contributed by atoms with E-state index in [-0.39, 0.29) is 11.8 Å². The summed E-state index contributed by atoms with van der Waals surface area (Å²) in [6, 6.07) is 0. The first-order valence-electron chi connectivity index (χ1n) is 8.12. The topological polar surface area (TPSA) is 70.6 Å². The van der Waals surface area contributed by atoms with Crippen molar-refractivity contribution in [2.75, 3.05) is 57.2 Å². The van der Waals surface area contributed by atoms with Gasteiger partial charge in [-0.3, -0.25) is 4.79 Å². The Morgan fingerprint density at radius 2 is 2.17 bits per heavy atom. The maximum absolute atomic E-state index is 12.2. The number of carbonyl (C=O) groups is 1. The van der Waals surface area contributed by atoms with Crippen molar-refractivity contribution in [2.45, 2.75) is 19.3 Å². The highest BCUT2D eigenvalue weighted by atomic mass is 16.5. The molecule has 1 fully saturated rings. The number of hydrogen-bond acceptors (Lipinski definition) is 6. The molecule has 1 aliphatic heterocycles. The van der Waals surface area contributed by atoms with E-state index in [1.54, 1.807) is 13.4 Å². The molecule has 7 heteroatoms. The summed E-state index contributed by atoms with van der Waals surface area (Å²) in [5, 5.41) is 3.00. The first kappa shape index (κ1) is 17.5. The molecule has 1 saturated heterocycles. The van der Waals surface area contributed by atoms with Gasteiger partial charge in [0.25, 0.3) is 0 Å². The van der Waals surface area contributed by atoms with Gasteiger partial charge in [-0.25, -0.2) is 9.97 Å². The van der Waals surface area contributed by atoms with Crippen molar-refractivity contribution in [3.05, 3.63) is 12.5 Å². The van der Waals surface area contributed by atoms with Gasteiger partial charge in [-0.1, -0.05) is 0 Å². The highest BCUT2D eigenvalue weighted by Crippen LogP contribution is 2.28. The standard InChI is InChI=1S/C16H27N5O2/c1-20(2)15-14(11-17-12-19-15)21-8-5-13(6-9-21)16(22)18-7-4-10-23-3/h11-13H,4-10H2,1-3H3,(H,18,22). The Bertz CT molecular complexity index is 501. The molecule has 1 amide bonds. The molecule has 0 saturated carbocycles. The lowest BCUT2D eigenvalue weighted by Gasteiger charge is -2.34. The van der Waals surface area contributed by atoms with Gasteiger partial charge in [0, 0.05) is 53.4 Å². The van der Waals surface area contributed by atoms with Crippen molar-refractivity contribution < 1.29 is 9.53 Å². The molecule has 23 heavy (non-hydrogen) atoms. The van der Waals surface area contributed by atoms with Gasteiger partial charge in [0.05, 0.1) is 11.9 Å². The quantitative estimate of drug-likeness (QED) is 0.753. The van der Waals surface area contributed by atoms with Gasteiger partial charge in [-0.05, 0) is 19.3 Å². The second-order valence-corrected chi connectivity index (χ2v) is 6.02. The fourth-order valence-electron chi connectivity index (χ4n) is 2.84. The summed E-state index contributed by atoms with van der Waals surface area (Å²) in [4.78, 5) is 24.9. The zero-order valence-corrected chi connectivity index (χ0v) is 14.3. The summed E-state index contributed by atoms with van der Waals surface area (Å²) < 4.78 is 4.99. The number of carbonyl (C=O) groups excluding carboxylic acids is 1. The lowest BCUT2D eigenvalue weighted by atomic mass is 9.95. The van der Waals surface area contributed by atoms with Crippen molar-refractivity contribution in [1.29, 1.82) is 0 Å². The van der Waals surface area contributed by atoms with E-state index < -0.39 is 0 Å². The van der Waals surface area contributed by atoms with E-state index >= 15 is 0 Å². The van der Waals surface area contributed by atoms with Crippen molar-refractivity contribution in [3.8, 4) is 0 Å². The van der Waals surface area contributed by atoms with Crippen LogP contribution in [0.15, 0.2) is 12.5 Å². The fourth-order valence-corrected chi connectivity index (χ4v) is 2.84. The van der Waals surface area contributed by atoms with Crippen LogP contribution in [0.5, 0.6) is 0 Å². The molecule has 7 nitrogen and oxygen atoms in total. The second kappa shape index (κ2) is 8.67. The number of amides is 1. The number of ether oxygens (including phenoxy) is 1. The number of methoxy groups -OCH3 is 1. The number of nitrogens with one attached hydrogen (secondary N) is 1. The molecule has 0 atom stereocenters. The summed E-state index contributed by atoms with van der Waals surface area (Å²) in [5.41, 5.74) is 1.04. The highest BCUT2D eigenvalue weighted by Gasteiger charge is 2.26. The third kappa shape index (κ3) is 4.79. The lowest BCUT2D eigenvalue weighted by Crippen LogP contribution is -2.41. The first-order chi connectivity index (χ1) is 11.1. The molecular formula is C16H27N5O2. The number of rotatable bonds is 7. The van der Waals surface area contributed by atoms with E-state index in [4.69, 9.17) is 4.74 Å². The predicted octanol–water partition coefficient (Wildman–Crippen LogP) is 0.912. The third-order valence-electron chi connectivity index (χ3n) is 4.13. The van der Waals surface area contributed by atoms with Crippen molar-refractivity contribution in [2.24, 2.45) is 5.92 Å². The second-order valence-electron chi connectivity index (χ2n) is 6.02. The van der Waals surface area contributed by atoms with Gasteiger partial charge in [-0.15, -0.1) is 0 Å². The zero-order valence-electron chi connectivity index (χ0n) is 14.3. The molecule has 2 heterocycles. The number of hydrogen-bond donors (Lipinski definition) is 1. The number of anilines is 2. The van der Waals surface area contributed by atoms with E-state index in [1.165, 1.54) is 0 Å². The Labute approximate surface area is 138 Å². The van der Waals surface area contributed by atoms with Crippen LogP contribution >= 0.6 is 0 Å². The Morgan fingerprint density at radius 1 is 1.43 bits per heavy atom. The van der Waals surface area contributed by atoms with Gasteiger partial charge in [0.2, 0.25) is 5.91 Å². The average Bonchev–Trinajstić information content (AvgIpc) is 2.58. The van der Waals surface area contributed by atoms with Gasteiger partial charge in [0.15, 0.2) is 5.82 Å². The summed E-state index contributed by atoms with van der Waals surface area (Å²) in [6.45, 7) is 3.07. The molecule has 0 aromatic carbocycles. The van der Waals surface area contributed by atoms with Gasteiger partial charge >= 0.3 is 0 Å². The molecule has 1 aromatic rings. The van der Waals surface area contributed by atoms with E-state index in [0.717, 1.165) is 43.9 Å². The molecular weight excluding hydrogens is 294 g/mol. The molecule has 1 aromatic heterocycles. The minimum Gasteiger partial charge on any atom is -0.385 e. The zero-order chi connectivity index (χ0) is 16.7. The smallest absolute Gasteiger partial charge is 0.223 e. The van der Waals surface area contributed by atoms with Crippen LogP contribution < -0.4 is 15.1 Å². The normalized spacial score (nSPS) is 15.5. The summed E-state index contributed by atoms with van der Waals surface area (Å²) in [5.74, 6) is 1.18. The number of aromatic nitrogens is 2. The number of piperidine rings is 1. The van der Waals surface area contributed by atoms with Crippen LogP contribution in [0.4, 0.5) is 11.5 Å². The van der Waals surface area contributed by atoms with Crippen LogP contribution in [0, 0.1) is 5.92 Å². The molecule has 0 radical (unpaired) electrons. The third-order valence-corrected chi connectivity index (χ3v) is 4.13. The summed E-state index contributed by atoms with van der Waals surface area (Å²) in [6.07, 6.45) is 6.00. The van der Waals surface area contributed by atoms with Gasteiger partial charge in [0.1, 0.15) is 6.33 Å². The molecule has 128 valence electrons. The van der Waals surface area contributed by atoms with Crippen molar-refractivity contribution >= 4 is 17.4 Å². The van der Waals surface area contributed by atoms with E-state index in [0.29, 0.717) is 13.2 Å². The van der Waals surface area contributed by atoms with Crippen LogP contribution in [0.1, 0.15) is 19.3 Å². The van der Waals surface area contributed by atoms with Crippen LogP contribution in [-0.4, -0.2) is 63.3 Å². The molecule has 0 bridgehead atoms. The van der Waals surface area contributed by atoms with Crippen LogP contribution in [0.2, 0.25) is 0 Å². The maximum atomic E-state index is 12.2. The van der Waals surface area contributed by atoms with Crippen LogP contribution in [0.3, 0.4) is 0 Å². The first-order valence-corrected chi connectivity index (χ1v) is 8.12. The predicted molar refractivity (Wildman–Crippen MR) is 90.8 cm³/mol. The van der Waals surface area contributed by atoms with Gasteiger partial charge in [-0.2, -0.15) is 0 Å². The molecule has 0 unspecified atom stereocenters. The largest absolute Gasteiger partial charge is 0.385 e. The molecule has 2 rings (SSSR count). The van der Waals surface area contributed by atoms with Crippen molar-refractivity contribution in [3.63, 3.8) is 0 Å². The van der Waals surface area contributed by atoms with Crippen molar-refractivity contribution in [1.82, 2.24) is 15.3 Å². The minimum absolute atomic E-state index is 0.0984. The number of nitrogens with zero attached hydrogens (tertiary/aromatic N) is 4. The average molecular weight is 321 g/mol. The fraction of sp³-hybridized carbons (Fsp3) is 0.688. The Kier molecular flexibility index (Phi) is 6.58. The molecule has 1 N–H and O–H groups in total. The molecule has 0 spiro atoms. The lowest BCUT2D eigenvalue weighted by molar-refractivity contribution is -0.125. The minimum atomic E-state index is 0.0984. The van der Waals surface area contributed by atoms with E-state index in [9.17, 15) is 4.79 Å². The SMILES string of the molecule is COCCCNC(=O)C1CCN(c2cncnc2N(C)C)CC1. The van der Waals surface area contributed by atoms with Crippen LogP contribution in [0.25, 0.3) is 0 Å². The Morgan fingerprint density at radius 3 is 2.83 bits per heavy atom. The summed E-state index contributed by atoms with van der Waals surface area (Å²) in [7, 11) is 5.63. The Hall–Kier alpha value is -1.89. The summed E-state index contributed by atoms with van der Waals surface area (Å²) >= 11 is 0. The molecule has 0 aliphatic carbocycles. The monoisotopic (exact) mass is 321 g/mol. The molecule has 1 aliphatic rings.